The molecule has 1 saturated heterocycles. The molecule has 188 valence electrons. The fourth-order valence-electron chi connectivity index (χ4n) is 3.69. The zero-order chi connectivity index (χ0) is 26.0. The number of carboxylic acid groups (broad SMARTS) is 1. The van der Waals surface area contributed by atoms with E-state index in [1.807, 2.05) is 0 Å². The van der Waals surface area contributed by atoms with Crippen LogP contribution in [0.5, 0.6) is 0 Å². The maximum atomic E-state index is 13.8. The maximum Gasteiger partial charge on any atom is 0.416 e. The summed E-state index contributed by atoms with van der Waals surface area (Å²) in [4.78, 5) is 37.3. The summed E-state index contributed by atoms with van der Waals surface area (Å²) in [6.07, 6.45) is -3.47. The molecular formula is C23H17ClF3N3O5S. The van der Waals surface area contributed by atoms with Crippen molar-refractivity contribution >= 4 is 57.0 Å². The predicted molar refractivity (Wildman–Crippen MR) is 126 cm³/mol. The number of H-pyrrole nitrogens is 1. The van der Waals surface area contributed by atoms with Crippen LogP contribution in [0, 0.1) is 0 Å². The Morgan fingerprint density at radius 1 is 1.19 bits per heavy atom. The minimum Gasteiger partial charge on any atom is -0.480 e. The highest BCUT2D eigenvalue weighted by Gasteiger charge is 2.38. The van der Waals surface area contributed by atoms with E-state index in [-0.39, 0.29) is 40.6 Å². The maximum absolute atomic E-state index is 13.8. The molecule has 0 spiro atoms. The first-order chi connectivity index (χ1) is 17.0. The van der Waals surface area contributed by atoms with Crippen molar-refractivity contribution in [3.8, 4) is 0 Å². The Morgan fingerprint density at radius 2 is 1.97 bits per heavy atom. The predicted octanol–water partition coefficient (Wildman–Crippen LogP) is 4.99. The van der Waals surface area contributed by atoms with Crippen LogP contribution < -0.4 is 0 Å². The number of hydrogen-bond donors (Lipinski definition) is 2. The van der Waals surface area contributed by atoms with Gasteiger partial charge in [0, 0.05) is 10.4 Å². The van der Waals surface area contributed by atoms with Gasteiger partial charge in [0.1, 0.15) is 6.61 Å². The van der Waals surface area contributed by atoms with E-state index in [9.17, 15) is 27.6 Å². The smallest absolute Gasteiger partial charge is 0.416 e. The molecule has 1 fully saturated rings. The third kappa shape index (κ3) is 5.55. The number of carboxylic acids is 1. The van der Waals surface area contributed by atoms with E-state index in [1.165, 1.54) is 18.3 Å². The van der Waals surface area contributed by atoms with Crippen LogP contribution in [-0.4, -0.2) is 57.1 Å². The van der Waals surface area contributed by atoms with Gasteiger partial charge < -0.3 is 9.84 Å². The summed E-state index contributed by atoms with van der Waals surface area (Å²) in [7, 11) is 0. The fourth-order valence-corrected chi connectivity index (χ4v) is 4.83. The van der Waals surface area contributed by atoms with Gasteiger partial charge in [0.25, 0.3) is 11.1 Å². The van der Waals surface area contributed by atoms with Crippen LogP contribution in [0.4, 0.5) is 18.0 Å². The number of halogens is 4. The van der Waals surface area contributed by atoms with E-state index >= 15 is 0 Å². The molecule has 0 bridgehead atoms. The number of carbonyl (C=O) groups is 3. The molecule has 8 nitrogen and oxygen atoms in total. The van der Waals surface area contributed by atoms with E-state index in [4.69, 9.17) is 21.4 Å². The van der Waals surface area contributed by atoms with Crippen molar-refractivity contribution in [3.05, 3.63) is 69.2 Å². The summed E-state index contributed by atoms with van der Waals surface area (Å²) < 4.78 is 46.2. The van der Waals surface area contributed by atoms with Crippen LogP contribution in [0.1, 0.15) is 16.7 Å². The Balaban J connectivity index is 1.76. The molecule has 1 aliphatic heterocycles. The average Bonchev–Trinajstić information content (AvgIpc) is 3.39. The zero-order valence-corrected chi connectivity index (χ0v) is 19.8. The Morgan fingerprint density at radius 3 is 2.69 bits per heavy atom. The lowest BCUT2D eigenvalue weighted by molar-refractivity contribution is -0.142. The first-order valence-electron chi connectivity index (χ1n) is 10.4. The number of carbonyl (C=O) groups excluding carboxylic acids is 2. The van der Waals surface area contributed by atoms with Crippen molar-refractivity contribution in [2.24, 2.45) is 0 Å². The topological polar surface area (TPSA) is 113 Å². The lowest BCUT2D eigenvalue weighted by Gasteiger charge is -2.17. The SMILES string of the molecule is O=C(O)COCCN1C(=O)S/C(=C(/Cc2ccc(Cl)cc2C(F)(F)F)c2ccc3[nH]ncc3c2)C1=O. The number of amides is 2. The highest BCUT2D eigenvalue weighted by atomic mass is 35.5. The normalized spacial score (nSPS) is 15.7. The van der Waals surface area contributed by atoms with Gasteiger partial charge in [-0.2, -0.15) is 18.3 Å². The Labute approximate surface area is 211 Å². The molecule has 0 radical (unpaired) electrons. The van der Waals surface area contributed by atoms with Gasteiger partial charge in [-0.1, -0.05) is 23.7 Å². The fraction of sp³-hybridized carbons (Fsp3) is 0.217. The van der Waals surface area contributed by atoms with Gasteiger partial charge in [-0.3, -0.25) is 19.6 Å². The van der Waals surface area contributed by atoms with Crippen LogP contribution in [0.15, 0.2) is 47.5 Å². The molecule has 1 aliphatic rings. The van der Waals surface area contributed by atoms with Crippen LogP contribution in [0.2, 0.25) is 5.02 Å². The summed E-state index contributed by atoms with van der Waals surface area (Å²) in [6.45, 7) is -1.01. The standard InChI is InChI=1S/C23H17ClF3N3O5S/c24-15-3-1-13(17(9-15)23(25,26)27)8-16(12-2-4-18-14(7-12)10-28-29-18)20-21(33)30(22(34)36-20)5-6-35-11-19(31)32/h1-4,7,9-10H,5-6,8,11H2,(H,28,29)(H,31,32)/b20-16-. The van der Waals surface area contributed by atoms with E-state index in [0.29, 0.717) is 28.2 Å². The Hall–Kier alpha value is -3.35. The molecule has 13 heteroatoms. The van der Waals surface area contributed by atoms with Crippen molar-refractivity contribution in [1.29, 1.82) is 0 Å². The number of ether oxygens (including phenoxy) is 1. The number of nitrogens with zero attached hydrogens (tertiary/aromatic N) is 2. The minimum atomic E-state index is -4.69. The van der Waals surface area contributed by atoms with Crippen LogP contribution in [0.25, 0.3) is 16.5 Å². The first kappa shape index (κ1) is 25.7. The molecule has 2 N–H and O–H groups in total. The molecule has 4 rings (SSSR count). The first-order valence-corrected chi connectivity index (χ1v) is 11.6. The summed E-state index contributed by atoms with van der Waals surface area (Å²) in [5.41, 5.74) is 0.288. The molecule has 2 heterocycles. The third-order valence-electron chi connectivity index (χ3n) is 5.34. The van der Waals surface area contributed by atoms with Gasteiger partial charge in [0.2, 0.25) is 0 Å². The molecule has 0 saturated carbocycles. The Bertz CT molecular complexity index is 1390. The molecular weight excluding hydrogens is 523 g/mol. The van der Waals surface area contributed by atoms with Crippen LogP contribution in [-0.2, 0) is 26.9 Å². The summed E-state index contributed by atoms with van der Waals surface area (Å²) in [5, 5.41) is 15.3. The monoisotopic (exact) mass is 539 g/mol. The second kappa shape index (κ2) is 10.3. The summed E-state index contributed by atoms with van der Waals surface area (Å²) >= 11 is 6.42. The lowest BCUT2D eigenvalue weighted by Crippen LogP contribution is -2.32. The average molecular weight is 540 g/mol. The molecule has 36 heavy (non-hydrogen) atoms. The zero-order valence-electron chi connectivity index (χ0n) is 18.3. The number of fused-ring (bicyclic) bond motifs is 1. The molecule has 2 amide bonds. The van der Waals surface area contributed by atoms with Crippen molar-refractivity contribution in [2.75, 3.05) is 19.8 Å². The molecule has 0 unspecified atom stereocenters. The number of nitrogens with one attached hydrogen (secondary N) is 1. The van der Waals surface area contributed by atoms with Gasteiger partial charge >= 0.3 is 12.1 Å². The highest BCUT2D eigenvalue weighted by molar-refractivity contribution is 8.18. The van der Waals surface area contributed by atoms with E-state index in [2.05, 4.69) is 10.2 Å². The quantitative estimate of drug-likeness (QED) is 0.306. The third-order valence-corrected chi connectivity index (χ3v) is 6.60. The van der Waals surface area contributed by atoms with Crippen LogP contribution >= 0.6 is 23.4 Å². The van der Waals surface area contributed by atoms with Crippen LogP contribution in [0.3, 0.4) is 0 Å². The molecule has 3 aromatic rings. The minimum absolute atomic E-state index is 0.0239. The summed E-state index contributed by atoms with van der Waals surface area (Å²) in [6, 6.07) is 8.36. The van der Waals surface area contributed by atoms with E-state index < -0.39 is 35.5 Å². The lowest BCUT2D eigenvalue weighted by atomic mass is 9.93. The largest absolute Gasteiger partial charge is 0.480 e. The molecule has 0 aliphatic carbocycles. The second-order valence-electron chi connectivity index (χ2n) is 7.73. The van der Waals surface area contributed by atoms with Crippen molar-refractivity contribution in [1.82, 2.24) is 15.1 Å². The number of aliphatic carboxylic acids is 1. The van der Waals surface area contributed by atoms with Gasteiger partial charge in [-0.05, 0) is 59.1 Å². The number of thioether (sulfide) groups is 1. The number of benzene rings is 2. The number of rotatable bonds is 8. The van der Waals surface area contributed by atoms with Crippen molar-refractivity contribution in [2.45, 2.75) is 12.6 Å². The molecule has 1 aromatic heterocycles. The van der Waals surface area contributed by atoms with Crippen molar-refractivity contribution in [3.63, 3.8) is 0 Å². The molecule has 2 aromatic carbocycles. The van der Waals surface area contributed by atoms with E-state index in [0.717, 1.165) is 11.0 Å². The Kier molecular flexibility index (Phi) is 7.38. The highest BCUT2D eigenvalue weighted by Crippen LogP contribution is 2.41. The number of aromatic nitrogens is 2. The van der Waals surface area contributed by atoms with Gasteiger partial charge in [0.05, 0.1) is 35.3 Å². The second-order valence-corrected chi connectivity index (χ2v) is 9.12. The number of hydrogen-bond acceptors (Lipinski definition) is 6. The van der Waals surface area contributed by atoms with Gasteiger partial charge in [-0.15, -0.1) is 0 Å². The number of alkyl halides is 3. The summed E-state index contributed by atoms with van der Waals surface area (Å²) in [5.74, 6) is -1.90. The van der Waals surface area contributed by atoms with E-state index in [1.54, 1.807) is 18.2 Å². The number of imide groups is 1. The number of aromatic amines is 1. The van der Waals surface area contributed by atoms with Gasteiger partial charge in [0.15, 0.2) is 0 Å². The molecule has 0 atom stereocenters. The number of allylic oxidation sites excluding steroid dienone is 1. The van der Waals surface area contributed by atoms with Crippen molar-refractivity contribution < 1.29 is 37.4 Å². The van der Waals surface area contributed by atoms with Gasteiger partial charge in [-0.25, -0.2) is 4.79 Å².